The van der Waals surface area contributed by atoms with Crippen molar-refractivity contribution in [1.82, 2.24) is 9.88 Å². The molecule has 0 aromatic carbocycles. The highest BCUT2D eigenvalue weighted by Gasteiger charge is 2.34. The Labute approximate surface area is 117 Å². The Morgan fingerprint density at radius 2 is 2.20 bits per heavy atom. The first kappa shape index (κ1) is 14.3. The smallest absolute Gasteiger partial charge is 0.326 e. The fraction of sp³-hybridized carbons (Fsp3) is 0.500. The van der Waals surface area contributed by atoms with Gasteiger partial charge in [0.15, 0.2) is 0 Å². The summed E-state index contributed by atoms with van der Waals surface area (Å²) < 4.78 is 0. The van der Waals surface area contributed by atoms with E-state index in [4.69, 9.17) is 0 Å². The number of carboxylic acid groups (broad SMARTS) is 1. The molecule has 1 saturated heterocycles. The van der Waals surface area contributed by atoms with Gasteiger partial charge in [-0.25, -0.2) is 14.6 Å². The number of carboxylic acids is 1. The molecule has 2 heterocycles. The van der Waals surface area contributed by atoms with Gasteiger partial charge in [0.2, 0.25) is 0 Å². The molecule has 1 aliphatic heterocycles. The number of carbonyl (C=O) groups excluding carboxylic acids is 1. The molecule has 2 unspecified atom stereocenters. The van der Waals surface area contributed by atoms with Crippen molar-refractivity contribution in [3.8, 4) is 0 Å². The summed E-state index contributed by atoms with van der Waals surface area (Å²) in [6.07, 6.45) is 1.31. The molecule has 0 bridgehead atoms. The summed E-state index contributed by atoms with van der Waals surface area (Å²) in [5.74, 6) is -0.195. The number of rotatable bonds is 2. The number of nitrogens with zero attached hydrogens (tertiary/aromatic N) is 2. The Bertz CT molecular complexity index is 518. The average Bonchev–Trinajstić information content (AvgIpc) is 2.38. The highest BCUT2D eigenvalue weighted by atomic mass is 16.4. The number of aryl methyl sites for hydroxylation is 1. The number of aromatic nitrogens is 1. The third-order valence-electron chi connectivity index (χ3n) is 3.53. The normalized spacial score (nSPS) is 22.4. The van der Waals surface area contributed by atoms with Crippen LogP contribution < -0.4 is 5.32 Å². The number of amides is 2. The van der Waals surface area contributed by atoms with Crippen LogP contribution in [0.1, 0.15) is 25.5 Å². The number of pyridine rings is 1. The van der Waals surface area contributed by atoms with Crippen molar-refractivity contribution in [2.75, 3.05) is 11.9 Å². The van der Waals surface area contributed by atoms with Crippen LogP contribution in [-0.2, 0) is 4.79 Å². The van der Waals surface area contributed by atoms with Crippen LogP contribution in [0.25, 0.3) is 0 Å². The molecule has 2 N–H and O–H groups in total. The Balaban J connectivity index is 2.09. The number of hydrogen-bond donors (Lipinski definition) is 2. The maximum absolute atomic E-state index is 12.2. The number of hydrogen-bond acceptors (Lipinski definition) is 3. The van der Waals surface area contributed by atoms with E-state index in [1.54, 1.807) is 12.1 Å². The van der Waals surface area contributed by atoms with Crippen LogP contribution in [0.5, 0.6) is 0 Å². The van der Waals surface area contributed by atoms with Crippen LogP contribution in [0, 0.1) is 12.8 Å². The lowest BCUT2D eigenvalue weighted by Crippen LogP contribution is -2.51. The molecule has 1 aliphatic rings. The molecular weight excluding hydrogens is 258 g/mol. The fourth-order valence-electron chi connectivity index (χ4n) is 2.41. The standard InChI is InChI=1S/C14H19N3O3/c1-9-6-7-17(11(8-9)13(18)19)14(20)16-12-5-3-4-10(2)15-12/h3-5,9,11H,6-8H2,1-2H3,(H,18,19)(H,15,16,20). The average molecular weight is 277 g/mol. The monoisotopic (exact) mass is 277 g/mol. The minimum atomic E-state index is -0.955. The lowest BCUT2D eigenvalue weighted by Gasteiger charge is -2.35. The van der Waals surface area contributed by atoms with Crippen LogP contribution in [0.2, 0.25) is 0 Å². The summed E-state index contributed by atoms with van der Waals surface area (Å²) in [6.45, 7) is 4.29. The van der Waals surface area contributed by atoms with Crippen molar-refractivity contribution in [3.63, 3.8) is 0 Å². The summed E-state index contributed by atoms with van der Waals surface area (Å²) in [6, 6.07) is 4.15. The van der Waals surface area contributed by atoms with Gasteiger partial charge in [0.25, 0.3) is 0 Å². The quantitative estimate of drug-likeness (QED) is 0.867. The third-order valence-corrected chi connectivity index (χ3v) is 3.53. The molecule has 6 heteroatoms. The molecule has 2 amide bonds. The minimum absolute atomic E-state index is 0.317. The highest BCUT2D eigenvalue weighted by molar-refractivity contribution is 5.91. The maximum Gasteiger partial charge on any atom is 0.326 e. The van der Waals surface area contributed by atoms with Gasteiger partial charge in [-0.3, -0.25) is 5.32 Å². The van der Waals surface area contributed by atoms with E-state index in [1.807, 2.05) is 19.9 Å². The number of urea groups is 1. The van der Waals surface area contributed by atoms with Crippen molar-refractivity contribution >= 4 is 17.8 Å². The SMILES string of the molecule is Cc1cccc(NC(=O)N2CCC(C)CC2C(=O)O)n1. The minimum Gasteiger partial charge on any atom is -0.480 e. The molecular formula is C14H19N3O3. The second-order valence-corrected chi connectivity index (χ2v) is 5.27. The van der Waals surface area contributed by atoms with Crippen LogP contribution in [0.15, 0.2) is 18.2 Å². The second kappa shape index (κ2) is 5.90. The highest BCUT2D eigenvalue weighted by Crippen LogP contribution is 2.23. The van der Waals surface area contributed by atoms with E-state index in [0.29, 0.717) is 24.7 Å². The Morgan fingerprint density at radius 1 is 1.45 bits per heavy atom. The van der Waals surface area contributed by atoms with Crippen molar-refractivity contribution in [1.29, 1.82) is 0 Å². The van der Waals surface area contributed by atoms with Crippen LogP contribution >= 0.6 is 0 Å². The molecule has 108 valence electrons. The summed E-state index contributed by atoms with van der Waals surface area (Å²) >= 11 is 0. The lowest BCUT2D eigenvalue weighted by molar-refractivity contribution is -0.143. The van der Waals surface area contributed by atoms with Crippen molar-refractivity contribution in [2.24, 2.45) is 5.92 Å². The van der Waals surface area contributed by atoms with E-state index in [-0.39, 0.29) is 0 Å². The summed E-state index contributed by atoms with van der Waals surface area (Å²) in [5, 5.41) is 11.9. The number of nitrogens with one attached hydrogen (secondary N) is 1. The molecule has 6 nitrogen and oxygen atoms in total. The predicted molar refractivity (Wildman–Crippen MR) is 74.5 cm³/mol. The molecule has 0 saturated carbocycles. The molecule has 1 fully saturated rings. The van der Waals surface area contributed by atoms with Crippen molar-refractivity contribution in [2.45, 2.75) is 32.7 Å². The van der Waals surface area contributed by atoms with Crippen LogP contribution in [0.3, 0.4) is 0 Å². The Kier molecular flexibility index (Phi) is 4.22. The first-order valence-corrected chi connectivity index (χ1v) is 6.71. The largest absolute Gasteiger partial charge is 0.480 e. The topological polar surface area (TPSA) is 82.5 Å². The van der Waals surface area contributed by atoms with E-state index in [0.717, 1.165) is 12.1 Å². The van der Waals surface area contributed by atoms with E-state index >= 15 is 0 Å². The molecule has 0 radical (unpaired) electrons. The number of anilines is 1. The first-order valence-electron chi connectivity index (χ1n) is 6.71. The van der Waals surface area contributed by atoms with Gasteiger partial charge in [-0.1, -0.05) is 13.0 Å². The molecule has 20 heavy (non-hydrogen) atoms. The third kappa shape index (κ3) is 3.26. The molecule has 1 aromatic rings. The Morgan fingerprint density at radius 3 is 2.85 bits per heavy atom. The molecule has 0 spiro atoms. The van der Waals surface area contributed by atoms with Crippen molar-refractivity contribution < 1.29 is 14.7 Å². The van der Waals surface area contributed by atoms with Crippen LogP contribution in [-0.4, -0.2) is 39.6 Å². The van der Waals surface area contributed by atoms with Crippen LogP contribution in [0.4, 0.5) is 10.6 Å². The number of likely N-dealkylation sites (tertiary alicyclic amines) is 1. The molecule has 0 aliphatic carbocycles. The van der Waals surface area contributed by atoms with Gasteiger partial charge in [0, 0.05) is 12.2 Å². The number of aliphatic carboxylic acids is 1. The zero-order chi connectivity index (χ0) is 14.7. The van der Waals surface area contributed by atoms with Gasteiger partial charge in [0.05, 0.1) is 0 Å². The zero-order valence-electron chi connectivity index (χ0n) is 11.7. The van der Waals surface area contributed by atoms with Gasteiger partial charge >= 0.3 is 12.0 Å². The molecule has 2 rings (SSSR count). The fourth-order valence-corrected chi connectivity index (χ4v) is 2.41. The van der Waals surface area contributed by atoms with Gasteiger partial charge in [-0.05, 0) is 37.8 Å². The van der Waals surface area contributed by atoms with Crippen molar-refractivity contribution in [3.05, 3.63) is 23.9 Å². The summed E-state index contributed by atoms with van der Waals surface area (Å²) in [4.78, 5) is 29.1. The van der Waals surface area contributed by atoms with E-state index in [9.17, 15) is 14.7 Å². The maximum atomic E-state index is 12.2. The summed E-state index contributed by atoms with van der Waals surface area (Å²) in [7, 11) is 0. The van der Waals surface area contributed by atoms with Gasteiger partial charge in [-0.2, -0.15) is 0 Å². The zero-order valence-corrected chi connectivity index (χ0v) is 11.7. The van der Waals surface area contributed by atoms with Gasteiger partial charge in [0.1, 0.15) is 11.9 Å². The predicted octanol–water partition coefficient (Wildman–Crippen LogP) is 2.11. The Hall–Kier alpha value is -2.11. The van der Waals surface area contributed by atoms with E-state index < -0.39 is 18.0 Å². The van der Waals surface area contributed by atoms with Gasteiger partial charge in [-0.15, -0.1) is 0 Å². The van der Waals surface area contributed by atoms with E-state index in [2.05, 4.69) is 10.3 Å². The number of piperidine rings is 1. The lowest BCUT2D eigenvalue weighted by atomic mass is 9.93. The number of carbonyl (C=O) groups is 2. The van der Waals surface area contributed by atoms with E-state index in [1.165, 1.54) is 4.90 Å². The van der Waals surface area contributed by atoms with Gasteiger partial charge < -0.3 is 10.0 Å². The first-order chi connectivity index (χ1) is 9.47. The summed E-state index contributed by atoms with van der Waals surface area (Å²) in [5.41, 5.74) is 0.796. The molecule has 1 aromatic heterocycles. The molecule has 2 atom stereocenters. The second-order valence-electron chi connectivity index (χ2n) is 5.27.